The number of hydrogen-bond acceptors (Lipinski definition) is 4. The number of ether oxygens (including phenoxy) is 1. The number of rotatable bonds is 3. The van der Waals surface area contributed by atoms with Crippen LogP contribution in [0.1, 0.15) is 10.4 Å². The molecule has 2 aliphatic rings. The summed E-state index contributed by atoms with van der Waals surface area (Å²) in [6.07, 6.45) is 0. The average molecular weight is 313 g/mol. The van der Waals surface area contributed by atoms with Crippen molar-refractivity contribution < 1.29 is 18.7 Å². The molecule has 0 N–H and O–H groups in total. The summed E-state index contributed by atoms with van der Waals surface area (Å²) in [5, 5.41) is 0.110. The molecule has 0 saturated carbocycles. The molecule has 1 aromatic carbocycles. The maximum atomic E-state index is 14.0. The fraction of sp³-hybridized carbons (Fsp3) is 0.429. The molecule has 0 unspecified atom stereocenters. The zero-order valence-electron chi connectivity index (χ0n) is 11.3. The Labute approximate surface area is 126 Å². The molecular weight excluding hydrogens is 299 g/mol. The molecule has 0 radical (unpaired) electrons. The first-order valence-electron chi connectivity index (χ1n) is 6.74. The summed E-state index contributed by atoms with van der Waals surface area (Å²) in [5.41, 5.74) is -0.0191. The van der Waals surface area contributed by atoms with E-state index in [1.54, 1.807) is 0 Å². The zero-order chi connectivity index (χ0) is 15.0. The van der Waals surface area contributed by atoms with Crippen LogP contribution in [0.4, 0.5) is 10.1 Å². The summed E-state index contributed by atoms with van der Waals surface area (Å²) in [5.74, 6) is -2.06. The lowest BCUT2D eigenvalue weighted by Crippen LogP contribution is -2.43. The second-order valence-electron chi connectivity index (χ2n) is 4.99. The van der Waals surface area contributed by atoms with Crippen molar-refractivity contribution in [3.8, 4) is 0 Å². The molecule has 0 aromatic heterocycles. The fourth-order valence-corrected chi connectivity index (χ4v) is 2.87. The van der Waals surface area contributed by atoms with E-state index in [1.165, 1.54) is 17.0 Å². The van der Waals surface area contributed by atoms with Gasteiger partial charge in [0.25, 0.3) is 11.7 Å². The molecule has 0 spiro atoms. The van der Waals surface area contributed by atoms with Crippen LogP contribution < -0.4 is 4.90 Å². The van der Waals surface area contributed by atoms with E-state index in [9.17, 15) is 14.0 Å². The van der Waals surface area contributed by atoms with Gasteiger partial charge in [-0.25, -0.2) is 4.39 Å². The van der Waals surface area contributed by atoms with Gasteiger partial charge in [0.2, 0.25) is 0 Å². The highest BCUT2D eigenvalue weighted by Crippen LogP contribution is 2.36. The predicted octanol–water partition coefficient (Wildman–Crippen LogP) is 1.34. The molecule has 3 rings (SSSR count). The van der Waals surface area contributed by atoms with Gasteiger partial charge in [0.05, 0.1) is 29.5 Å². The molecule has 0 aliphatic carbocycles. The number of carbonyl (C=O) groups excluding carboxylic acids is 2. The van der Waals surface area contributed by atoms with Gasteiger partial charge in [0, 0.05) is 26.2 Å². The quantitative estimate of drug-likeness (QED) is 0.790. The van der Waals surface area contributed by atoms with Crippen molar-refractivity contribution in [2.45, 2.75) is 0 Å². The molecule has 1 saturated heterocycles. The number of hydrogen-bond donors (Lipinski definition) is 0. The van der Waals surface area contributed by atoms with E-state index < -0.39 is 17.5 Å². The summed E-state index contributed by atoms with van der Waals surface area (Å²) in [6, 6.07) is 2.47. The lowest BCUT2D eigenvalue weighted by Gasteiger charge is -2.28. The Kier molecular flexibility index (Phi) is 3.93. The Morgan fingerprint density at radius 2 is 1.90 bits per heavy atom. The second kappa shape index (κ2) is 5.71. The highest BCUT2D eigenvalue weighted by atomic mass is 35.5. The van der Waals surface area contributed by atoms with Gasteiger partial charge >= 0.3 is 0 Å². The molecule has 0 bridgehead atoms. The lowest BCUT2D eigenvalue weighted by atomic mass is 10.1. The third-order valence-corrected chi connectivity index (χ3v) is 4.07. The van der Waals surface area contributed by atoms with Crippen molar-refractivity contribution in [1.29, 1.82) is 0 Å². The van der Waals surface area contributed by atoms with Crippen molar-refractivity contribution in [3.63, 3.8) is 0 Å². The van der Waals surface area contributed by atoms with Crippen LogP contribution in [0.25, 0.3) is 0 Å². The van der Waals surface area contributed by atoms with Gasteiger partial charge in [-0.05, 0) is 12.1 Å². The number of nitrogens with zero attached hydrogens (tertiary/aromatic N) is 2. The third-order valence-electron chi connectivity index (χ3n) is 3.76. The smallest absolute Gasteiger partial charge is 0.299 e. The average Bonchev–Trinajstić information content (AvgIpc) is 2.75. The standard InChI is InChI=1S/C14H14ClFN2O3/c15-9-1-2-10(16)12-11(9)13(19)14(20)18(12)4-3-17-5-7-21-8-6-17/h1-2H,3-8H2. The van der Waals surface area contributed by atoms with Crippen molar-refractivity contribution in [2.75, 3.05) is 44.3 Å². The van der Waals surface area contributed by atoms with Gasteiger partial charge in [0.1, 0.15) is 5.82 Å². The molecule has 2 heterocycles. The van der Waals surface area contributed by atoms with Crippen LogP contribution in [0.15, 0.2) is 12.1 Å². The molecule has 2 aliphatic heterocycles. The Morgan fingerprint density at radius 3 is 2.62 bits per heavy atom. The molecule has 1 aromatic rings. The van der Waals surface area contributed by atoms with Gasteiger partial charge in [-0.3, -0.25) is 14.5 Å². The van der Waals surface area contributed by atoms with E-state index in [0.29, 0.717) is 19.8 Å². The minimum atomic E-state index is -0.739. The maximum absolute atomic E-state index is 14.0. The third kappa shape index (κ3) is 2.54. The van der Waals surface area contributed by atoms with Crippen LogP contribution in [-0.4, -0.2) is 56.0 Å². The largest absolute Gasteiger partial charge is 0.379 e. The molecule has 0 atom stereocenters. The number of anilines is 1. The Balaban J connectivity index is 1.82. The summed E-state index contributed by atoms with van der Waals surface area (Å²) in [7, 11) is 0. The van der Waals surface area contributed by atoms with Gasteiger partial charge in [0.15, 0.2) is 0 Å². The second-order valence-corrected chi connectivity index (χ2v) is 5.40. The van der Waals surface area contributed by atoms with E-state index >= 15 is 0 Å². The van der Waals surface area contributed by atoms with Crippen LogP contribution >= 0.6 is 11.6 Å². The summed E-state index contributed by atoms with van der Waals surface area (Å²) in [6.45, 7) is 3.64. The van der Waals surface area contributed by atoms with Crippen LogP contribution in [0.2, 0.25) is 5.02 Å². The monoisotopic (exact) mass is 312 g/mol. The molecule has 1 fully saturated rings. The Morgan fingerprint density at radius 1 is 1.19 bits per heavy atom. The molecule has 1 amide bonds. The van der Waals surface area contributed by atoms with E-state index in [2.05, 4.69) is 4.90 Å². The number of amides is 1. The van der Waals surface area contributed by atoms with Crippen molar-refractivity contribution in [2.24, 2.45) is 0 Å². The first-order valence-corrected chi connectivity index (χ1v) is 7.11. The minimum absolute atomic E-state index is 0.00533. The maximum Gasteiger partial charge on any atom is 0.299 e. The first kappa shape index (κ1) is 14.4. The van der Waals surface area contributed by atoms with Crippen LogP contribution in [0.3, 0.4) is 0 Å². The molecule has 112 valence electrons. The number of carbonyl (C=O) groups is 2. The van der Waals surface area contributed by atoms with Crippen LogP contribution in [-0.2, 0) is 9.53 Å². The number of Topliss-reactive ketones (excluding diaryl/α,β-unsaturated/α-hetero) is 1. The number of ketones is 1. The van der Waals surface area contributed by atoms with Gasteiger partial charge < -0.3 is 9.64 Å². The molecule has 7 heteroatoms. The van der Waals surface area contributed by atoms with E-state index in [1.807, 2.05) is 0 Å². The topological polar surface area (TPSA) is 49.9 Å². The Bertz CT molecular complexity index is 602. The minimum Gasteiger partial charge on any atom is -0.379 e. The van der Waals surface area contributed by atoms with E-state index in [-0.39, 0.29) is 22.8 Å². The fourth-order valence-electron chi connectivity index (χ4n) is 2.63. The van der Waals surface area contributed by atoms with Crippen molar-refractivity contribution >= 4 is 29.0 Å². The number of morpholine rings is 1. The van der Waals surface area contributed by atoms with Gasteiger partial charge in [-0.1, -0.05) is 11.6 Å². The number of fused-ring (bicyclic) bond motifs is 1. The molecular formula is C14H14ClFN2O3. The van der Waals surface area contributed by atoms with Crippen LogP contribution in [0.5, 0.6) is 0 Å². The van der Waals surface area contributed by atoms with Gasteiger partial charge in [-0.15, -0.1) is 0 Å². The van der Waals surface area contributed by atoms with Gasteiger partial charge in [-0.2, -0.15) is 0 Å². The zero-order valence-corrected chi connectivity index (χ0v) is 12.0. The predicted molar refractivity (Wildman–Crippen MR) is 75.4 cm³/mol. The normalized spacial score (nSPS) is 19.2. The van der Waals surface area contributed by atoms with E-state index in [0.717, 1.165) is 13.1 Å². The van der Waals surface area contributed by atoms with Crippen molar-refractivity contribution in [1.82, 2.24) is 4.90 Å². The SMILES string of the molecule is O=C1C(=O)N(CCN2CCOCC2)c2c(F)ccc(Cl)c21. The summed E-state index contributed by atoms with van der Waals surface area (Å²) >= 11 is 5.92. The van der Waals surface area contributed by atoms with E-state index in [4.69, 9.17) is 16.3 Å². The Hall–Kier alpha value is -1.50. The van der Waals surface area contributed by atoms with Crippen molar-refractivity contribution in [3.05, 3.63) is 28.5 Å². The summed E-state index contributed by atoms with van der Waals surface area (Å²) in [4.78, 5) is 27.3. The number of halogens is 2. The highest BCUT2D eigenvalue weighted by molar-refractivity contribution is 6.55. The first-order chi connectivity index (χ1) is 10.1. The molecule has 5 nitrogen and oxygen atoms in total. The summed E-state index contributed by atoms with van der Waals surface area (Å²) < 4.78 is 19.2. The number of benzene rings is 1. The lowest BCUT2D eigenvalue weighted by molar-refractivity contribution is -0.114. The molecule has 21 heavy (non-hydrogen) atoms. The van der Waals surface area contributed by atoms with Crippen LogP contribution in [0, 0.1) is 5.82 Å². The highest BCUT2D eigenvalue weighted by Gasteiger charge is 2.39.